The first-order chi connectivity index (χ1) is 13.0. The molecular weight excluding hydrogens is 342 g/mol. The monoisotopic (exact) mass is 365 g/mol. The number of aryl methyl sites for hydroxylation is 1. The Morgan fingerprint density at radius 2 is 2.07 bits per heavy atom. The summed E-state index contributed by atoms with van der Waals surface area (Å²) in [6.07, 6.45) is 4.66. The second-order valence-corrected chi connectivity index (χ2v) is 6.82. The topological polar surface area (TPSA) is 91.0 Å². The molecule has 140 valence electrons. The van der Waals surface area contributed by atoms with Crippen molar-refractivity contribution in [1.82, 2.24) is 19.5 Å². The second kappa shape index (κ2) is 6.59. The summed E-state index contributed by atoms with van der Waals surface area (Å²) in [7, 11) is 5.19. The molecule has 7 heteroatoms. The number of H-pyrrole nitrogens is 1. The highest BCUT2D eigenvalue weighted by Crippen LogP contribution is 2.36. The van der Waals surface area contributed by atoms with Gasteiger partial charge in [-0.3, -0.25) is 0 Å². The molecule has 1 unspecified atom stereocenters. The third kappa shape index (κ3) is 2.90. The molecular formula is C20H23N5O2. The zero-order valence-electron chi connectivity index (χ0n) is 15.9. The molecule has 0 saturated heterocycles. The molecule has 1 atom stereocenters. The number of nitrogens with two attached hydrogens (primary N) is 1. The van der Waals surface area contributed by atoms with Crippen molar-refractivity contribution < 1.29 is 9.47 Å². The molecule has 0 fully saturated rings. The Kier molecular flexibility index (Phi) is 4.24. The molecule has 7 nitrogen and oxygen atoms in total. The summed E-state index contributed by atoms with van der Waals surface area (Å²) in [5, 5.41) is 1.09. The first kappa shape index (κ1) is 17.4. The molecule has 0 aliphatic rings. The fourth-order valence-electron chi connectivity index (χ4n) is 3.50. The van der Waals surface area contributed by atoms with Crippen LogP contribution in [0, 0.1) is 0 Å². The average molecular weight is 365 g/mol. The number of rotatable bonds is 5. The molecule has 4 aromatic heterocycles. The molecule has 0 aliphatic carbocycles. The molecule has 4 heterocycles. The van der Waals surface area contributed by atoms with Gasteiger partial charge in [0.2, 0.25) is 0 Å². The Bertz CT molecular complexity index is 1130. The predicted octanol–water partition coefficient (Wildman–Crippen LogP) is 3.02. The minimum absolute atomic E-state index is 0.0879. The SMILES string of the molecule is COc1cc2c(nc1OC)c(-c1cc3c(CC(C)N)ccnc3[nH]1)cn2C. The number of methoxy groups -OCH3 is 2. The maximum Gasteiger partial charge on any atom is 0.257 e. The summed E-state index contributed by atoms with van der Waals surface area (Å²) in [4.78, 5) is 12.6. The van der Waals surface area contributed by atoms with E-state index in [0.717, 1.165) is 39.7 Å². The van der Waals surface area contributed by atoms with Gasteiger partial charge >= 0.3 is 0 Å². The van der Waals surface area contributed by atoms with Crippen LogP contribution in [-0.2, 0) is 13.5 Å². The number of pyridine rings is 2. The van der Waals surface area contributed by atoms with Crippen LogP contribution in [0.3, 0.4) is 0 Å². The lowest BCUT2D eigenvalue weighted by molar-refractivity contribution is 0.344. The van der Waals surface area contributed by atoms with Gasteiger partial charge in [0.15, 0.2) is 5.75 Å². The van der Waals surface area contributed by atoms with Gasteiger partial charge < -0.3 is 24.8 Å². The summed E-state index contributed by atoms with van der Waals surface area (Å²) in [5.74, 6) is 1.07. The zero-order chi connectivity index (χ0) is 19.1. The van der Waals surface area contributed by atoms with Gasteiger partial charge in [0.05, 0.1) is 25.4 Å². The fraction of sp³-hybridized carbons (Fsp3) is 0.300. The van der Waals surface area contributed by atoms with E-state index in [2.05, 4.69) is 21.0 Å². The summed E-state index contributed by atoms with van der Waals surface area (Å²) >= 11 is 0. The van der Waals surface area contributed by atoms with Crippen LogP contribution in [0.5, 0.6) is 11.6 Å². The van der Waals surface area contributed by atoms with Gasteiger partial charge in [-0.15, -0.1) is 0 Å². The van der Waals surface area contributed by atoms with Crippen LogP contribution in [0.25, 0.3) is 33.3 Å². The summed E-state index contributed by atoms with van der Waals surface area (Å²) in [5.41, 5.74) is 11.8. The number of aromatic nitrogens is 4. The lowest BCUT2D eigenvalue weighted by Crippen LogP contribution is -2.17. The van der Waals surface area contributed by atoms with Crippen LogP contribution in [0.15, 0.2) is 30.6 Å². The van der Waals surface area contributed by atoms with Crippen LogP contribution in [0.2, 0.25) is 0 Å². The highest BCUT2D eigenvalue weighted by Gasteiger charge is 2.18. The normalized spacial score (nSPS) is 12.6. The van der Waals surface area contributed by atoms with Crippen molar-refractivity contribution >= 4 is 22.1 Å². The van der Waals surface area contributed by atoms with Crippen LogP contribution in [-0.4, -0.2) is 39.8 Å². The van der Waals surface area contributed by atoms with Gasteiger partial charge in [0.1, 0.15) is 11.2 Å². The number of aromatic amines is 1. The van der Waals surface area contributed by atoms with E-state index in [9.17, 15) is 0 Å². The lowest BCUT2D eigenvalue weighted by Gasteiger charge is -2.07. The van der Waals surface area contributed by atoms with Crippen LogP contribution in [0.4, 0.5) is 0 Å². The van der Waals surface area contributed by atoms with E-state index in [-0.39, 0.29) is 6.04 Å². The van der Waals surface area contributed by atoms with Crippen LogP contribution in [0.1, 0.15) is 12.5 Å². The van der Waals surface area contributed by atoms with Crippen molar-refractivity contribution in [1.29, 1.82) is 0 Å². The molecule has 0 aromatic carbocycles. The molecule has 0 saturated carbocycles. The lowest BCUT2D eigenvalue weighted by atomic mass is 10.1. The van der Waals surface area contributed by atoms with E-state index in [0.29, 0.717) is 11.6 Å². The minimum Gasteiger partial charge on any atom is -0.491 e. The van der Waals surface area contributed by atoms with Crippen molar-refractivity contribution in [2.75, 3.05) is 14.2 Å². The van der Waals surface area contributed by atoms with Crippen LogP contribution >= 0.6 is 0 Å². The summed E-state index contributed by atoms with van der Waals surface area (Å²) in [6, 6.07) is 6.17. The van der Waals surface area contributed by atoms with Gasteiger partial charge in [0, 0.05) is 42.5 Å². The van der Waals surface area contributed by atoms with Crippen molar-refractivity contribution in [3.63, 3.8) is 0 Å². The molecule has 3 N–H and O–H groups in total. The highest BCUT2D eigenvalue weighted by molar-refractivity contribution is 5.96. The highest BCUT2D eigenvalue weighted by atomic mass is 16.5. The number of nitrogens with zero attached hydrogens (tertiary/aromatic N) is 3. The Hall–Kier alpha value is -3.06. The number of hydrogen-bond donors (Lipinski definition) is 2. The molecule has 4 aromatic rings. The molecule has 0 amide bonds. The predicted molar refractivity (Wildman–Crippen MR) is 106 cm³/mol. The number of fused-ring (bicyclic) bond motifs is 2. The van der Waals surface area contributed by atoms with E-state index in [1.54, 1.807) is 14.2 Å². The Labute approximate surface area is 157 Å². The quantitative estimate of drug-likeness (QED) is 0.567. The number of hydrogen-bond acceptors (Lipinski definition) is 5. The average Bonchev–Trinajstić information content (AvgIpc) is 3.22. The third-order valence-corrected chi connectivity index (χ3v) is 4.76. The van der Waals surface area contributed by atoms with E-state index >= 15 is 0 Å². The molecule has 0 bridgehead atoms. The second-order valence-electron chi connectivity index (χ2n) is 6.82. The minimum atomic E-state index is 0.0879. The van der Waals surface area contributed by atoms with Crippen molar-refractivity contribution in [3.8, 4) is 22.9 Å². The van der Waals surface area contributed by atoms with E-state index in [4.69, 9.17) is 15.2 Å². The van der Waals surface area contributed by atoms with Crippen LogP contribution < -0.4 is 15.2 Å². The van der Waals surface area contributed by atoms with Gasteiger partial charge in [-0.2, -0.15) is 0 Å². The summed E-state index contributed by atoms with van der Waals surface area (Å²) < 4.78 is 12.8. The molecule has 0 spiro atoms. The zero-order valence-corrected chi connectivity index (χ0v) is 15.9. The first-order valence-corrected chi connectivity index (χ1v) is 8.82. The maximum absolute atomic E-state index is 6.00. The number of nitrogens with one attached hydrogen (secondary N) is 1. The van der Waals surface area contributed by atoms with E-state index in [1.807, 2.05) is 43.1 Å². The Balaban J connectivity index is 1.92. The number of ether oxygens (including phenoxy) is 2. The third-order valence-electron chi connectivity index (χ3n) is 4.76. The van der Waals surface area contributed by atoms with Gasteiger partial charge in [-0.1, -0.05) is 0 Å². The van der Waals surface area contributed by atoms with Crippen molar-refractivity contribution in [2.24, 2.45) is 12.8 Å². The molecule has 27 heavy (non-hydrogen) atoms. The van der Waals surface area contributed by atoms with Gasteiger partial charge in [0.25, 0.3) is 5.88 Å². The van der Waals surface area contributed by atoms with E-state index < -0.39 is 0 Å². The standard InChI is InChI=1S/C20H23N5O2/c1-11(21)7-12-5-6-22-19-13(12)8-15(23-19)14-10-25(2)16-9-17(26-3)20(27-4)24-18(14)16/h5-6,8-11H,7,21H2,1-4H3,(H,22,23). The van der Waals surface area contributed by atoms with E-state index in [1.165, 1.54) is 5.56 Å². The van der Waals surface area contributed by atoms with Crippen molar-refractivity contribution in [2.45, 2.75) is 19.4 Å². The first-order valence-electron chi connectivity index (χ1n) is 8.82. The Morgan fingerprint density at radius 1 is 1.26 bits per heavy atom. The Morgan fingerprint density at radius 3 is 2.78 bits per heavy atom. The molecule has 0 aliphatic heterocycles. The molecule has 0 radical (unpaired) electrons. The maximum atomic E-state index is 6.00. The summed E-state index contributed by atoms with van der Waals surface area (Å²) in [6.45, 7) is 2.01. The molecule has 4 rings (SSSR count). The fourth-order valence-corrected chi connectivity index (χ4v) is 3.50. The van der Waals surface area contributed by atoms with Gasteiger partial charge in [-0.05, 0) is 31.0 Å². The smallest absolute Gasteiger partial charge is 0.257 e. The largest absolute Gasteiger partial charge is 0.491 e. The van der Waals surface area contributed by atoms with Gasteiger partial charge in [-0.25, -0.2) is 9.97 Å². The van der Waals surface area contributed by atoms with Crippen molar-refractivity contribution in [3.05, 3.63) is 36.2 Å².